The molecule has 1 heterocycles. The fourth-order valence-electron chi connectivity index (χ4n) is 0.701. The van der Waals surface area contributed by atoms with Gasteiger partial charge in [-0.15, -0.1) is 0 Å². The molecule has 1 atom stereocenters. The molecule has 2 N–H and O–H groups in total. The van der Waals surface area contributed by atoms with Crippen molar-refractivity contribution in [1.82, 2.24) is 4.98 Å². The van der Waals surface area contributed by atoms with Crippen LogP contribution in [0, 0.1) is 6.92 Å². The molecule has 0 aliphatic rings. The Morgan fingerprint density at radius 1 is 1.80 bits per heavy atom. The summed E-state index contributed by atoms with van der Waals surface area (Å²) in [5, 5.41) is 0. The first-order chi connectivity index (χ1) is 4.74. The van der Waals surface area contributed by atoms with Gasteiger partial charge in [-0.25, -0.2) is 4.98 Å². The van der Waals surface area contributed by atoms with E-state index in [0.29, 0.717) is 6.54 Å². The van der Waals surface area contributed by atoms with Crippen molar-refractivity contribution in [3.05, 3.63) is 17.8 Å². The Morgan fingerprint density at radius 2 is 2.50 bits per heavy atom. The minimum Gasteiger partial charge on any atom is -0.446 e. The van der Waals surface area contributed by atoms with Crippen molar-refractivity contribution < 1.29 is 4.42 Å². The molecule has 1 rings (SSSR count). The van der Waals surface area contributed by atoms with E-state index < -0.39 is 0 Å². The topological polar surface area (TPSA) is 52.0 Å². The summed E-state index contributed by atoms with van der Waals surface area (Å²) in [7, 11) is 0. The first-order valence-electron chi connectivity index (χ1n) is 3.36. The average molecular weight is 140 g/mol. The van der Waals surface area contributed by atoms with Gasteiger partial charge in [0.05, 0.1) is 6.20 Å². The van der Waals surface area contributed by atoms with Crippen molar-refractivity contribution in [2.45, 2.75) is 19.8 Å². The molecule has 10 heavy (non-hydrogen) atoms. The Hall–Kier alpha value is -0.830. The molecule has 1 aromatic rings. The number of nitrogens with zero attached hydrogens (tertiary/aromatic N) is 1. The van der Waals surface area contributed by atoms with Crippen LogP contribution in [0.15, 0.2) is 10.6 Å². The summed E-state index contributed by atoms with van der Waals surface area (Å²) < 4.78 is 5.25. The largest absolute Gasteiger partial charge is 0.446 e. The van der Waals surface area contributed by atoms with E-state index in [2.05, 4.69) is 4.98 Å². The number of aryl methyl sites for hydroxylation is 1. The Labute approximate surface area is 60.2 Å². The molecule has 3 nitrogen and oxygen atoms in total. The first-order valence-corrected chi connectivity index (χ1v) is 3.36. The molecule has 0 bridgehead atoms. The van der Waals surface area contributed by atoms with Crippen LogP contribution in [0.2, 0.25) is 0 Å². The molecule has 0 radical (unpaired) electrons. The van der Waals surface area contributed by atoms with Gasteiger partial charge >= 0.3 is 0 Å². The third kappa shape index (κ3) is 1.36. The smallest absolute Gasteiger partial charge is 0.198 e. The molecular weight excluding hydrogens is 128 g/mol. The normalized spacial score (nSPS) is 13.5. The molecule has 3 heteroatoms. The van der Waals surface area contributed by atoms with E-state index >= 15 is 0 Å². The highest BCUT2D eigenvalue weighted by atomic mass is 16.4. The van der Waals surface area contributed by atoms with E-state index in [0.717, 1.165) is 11.7 Å². The van der Waals surface area contributed by atoms with Crippen LogP contribution in [0.1, 0.15) is 24.5 Å². The highest BCUT2D eigenvalue weighted by Crippen LogP contribution is 2.12. The summed E-state index contributed by atoms with van der Waals surface area (Å²) >= 11 is 0. The number of rotatable bonds is 2. The molecule has 0 aliphatic heterocycles. The van der Waals surface area contributed by atoms with E-state index in [9.17, 15) is 0 Å². The van der Waals surface area contributed by atoms with Gasteiger partial charge < -0.3 is 10.2 Å². The second-order valence-electron chi connectivity index (χ2n) is 2.45. The summed E-state index contributed by atoms with van der Waals surface area (Å²) in [6.07, 6.45) is 1.71. The van der Waals surface area contributed by atoms with Gasteiger partial charge in [0.15, 0.2) is 5.89 Å². The highest BCUT2D eigenvalue weighted by Gasteiger charge is 2.07. The number of hydrogen-bond acceptors (Lipinski definition) is 3. The third-order valence-corrected chi connectivity index (χ3v) is 1.41. The standard InChI is InChI=1S/C7H12N2O/c1-5(3-8)7-9-4-6(2)10-7/h4-5H,3,8H2,1-2H3. The lowest BCUT2D eigenvalue weighted by Gasteiger charge is -2.00. The van der Waals surface area contributed by atoms with Crippen molar-refractivity contribution in [1.29, 1.82) is 0 Å². The second-order valence-corrected chi connectivity index (χ2v) is 2.45. The van der Waals surface area contributed by atoms with Gasteiger partial charge in [-0.1, -0.05) is 6.92 Å². The molecular formula is C7H12N2O. The van der Waals surface area contributed by atoms with Crippen LogP contribution in [0.3, 0.4) is 0 Å². The van der Waals surface area contributed by atoms with Gasteiger partial charge in [-0.3, -0.25) is 0 Å². The van der Waals surface area contributed by atoms with Crippen LogP contribution in [-0.4, -0.2) is 11.5 Å². The molecule has 56 valence electrons. The van der Waals surface area contributed by atoms with E-state index in [1.807, 2.05) is 13.8 Å². The zero-order valence-corrected chi connectivity index (χ0v) is 6.29. The van der Waals surface area contributed by atoms with Gasteiger partial charge in [-0.05, 0) is 6.92 Å². The fourth-order valence-corrected chi connectivity index (χ4v) is 0.701. The zero-order chi connectivity index (χ0) is 7.56. The van der Waals surface area contributed by atoms with Crippen LogP contribution in [0.25, 0.3) is 0 Å². The predicted molar refractivity (Wildman–Crippen MR) is 38.7 cm³/mol. The van der Waals surface area contributed by atoms with E-state index in [1.54, 1.807) is 6.20 Å². The van der Waals surface area contributed by atoms with Crippen molar-refractivity contribution in [3.8, 4) is 0 Å². The summed E-state index contributed by atoms with van der Waals surface area (Å²) in [6.45, 7) is 4.45. The zero-order valence-electron chi connectivity index (χ0n) is 6.29. The van der Waals surface area contributed by atoms with Crippen LogP contribution in [0.5, 0.6) is 0 Å². The Kier molecular flexibility index (Phi) is 2.06. The van der Waals surface area contributed by atoms with E-state index in [-0.39, 0.29) is 5.92 Å². The van der Waals surface area contributed by atoms with E-state index in [4.69, 9.17) is 10.2 Å². The lowest BCUT2D eigenvalue weighted by Crippen LogP contribution is -2.08. The Morgan fingerprint density at radius 3 is 2.90 bits per heavy atom. The molecule has 0 saturated carbocycles. The number of hydrogen-bond donors (Lipinski definition) is 1. The van der Waals surface area contributed by atoms with Gasteiger partial charge in [-0.2, -0.15) is 0 Å². The molecule has 0 aliphatic carbocycles. The van der Waals surface area contributed by atoms with Crippen LogP contribution in [0.4, 0.5) is 0 Å². The Balaban J connectivity index is 2.74. The summed E-state index contributed by atoms with van der Waals surface area (Å²) in [6, 6.07) is 0. The van der Waals surface area contributed by atoms with Gasteiger partial charge in [0, 0.05) is 12.5 Å². The van der Waals surface area contributed by atoms with Crippen LogP contribution < -0.4 is 5.73 Å². The summed E-state index contributed by atoms with van der Waals surface area (Å²) in [5.74, 6) is 1.81. The molecule has 0 amide bonds. The van der Waals surface area contributed by atoms with Crippen molar-refractivity contribution >= 4 is 0 Å². The third-order valence-electron chi connectivity index (χ3n) is 1.41. The summed E-state index contributed by atoms with van der Waals surface area (Å²) in [5.41, 5.74) is 5.41. The van der Waals surface area contributed by atoms with Crippen LogP contribution in [-0.2, 0) is 0 Å². The lowest BCUT2D eigenvalue weighted by atomic mass is 10.2. The molecule has 0 saturated heterocycles. The molecule has 1 unspecified atom stereocenters. The minimum atomic E-state index is 0.230. The SMILES string of the molecule is Cc1cnc(C(C)CN)o1. The Bertz CT molecular complexity index is 207. The number of oxazole rings is 1. The van der Waals surface area contributed by atoms with Gasteiger partial charge in [0.25, 0.3) is 0 Å². The van der Waals surface area contributed by atoms with Crippen molar-refractivity contribution in [2.75, 3.05) is 6.54 Å². The summed E-state index contributed by atoms with van der Waals surface area (Å²) in [4.78, 5) is 4.04. The van der Waals surface area contributed by atoms with Gasteiger partial charge in [0.1, 0.15) is 5.76 Å². The predicted octanol–water partition coefficient (Wildman–Crippen LogP) is 1.05. The van der Waals surface area contributed by atoms with E-state index in [1.165, 1.54) is 0 Å². The minimum absolute atomic E-state index is 0.230. The first kappa shape index (κ1) is 7.28. The maximum atomic E-state index is 5.41. The monoisotopic (exact) mass is 140 g/mol. The average Bonchev–Trinajstić information content (AvgIpc) is 2.34. The molecule has 1 aromatic heterocycles. The maximum absolute atomic E-state index is 5.41. The quantitative estimate of drug-likeness (QED) is 0.667. The molecule has 0 fully saturated rings. The fraction of sp³-hybridized carbons (Fsp3) is 0.571. The van der Waals surface area contributed by atoms with Gasteiger partial charge in [0.2, 0.25) is 0 Å². The number of nitrogens with two attached hydrogens (primary N) is 1. The van der Waals surface area contributed by atoms with Crippen molar-refractivity contribution in [2.24, 2.45) is 5.73 Å². The molecule has 0 aromatic carbocycles. The highest BCUT2D eigenvalue weighted by molar-refractivity contribution is 4.95. The number of aromatic nitrogens is 1. The second kappa shape index (κ2) is 2.84. The van der Waals surface area contributed by atoms with Crippen molar-refractivity contribution in [3.63, 3.8) is 0 Å². The maximum Gasteiger partial charge on any atom is 0.198 e. The molecule has 0 spiro atoms. The van der Waals surface area contributed by atoms with Crippen LogP contribution >= 0.6 is 0 Å². The lowest BCUT2D eigenvalue weighted by molar-refractivity contribution is 0.442.